The van der Waals surface area contributed by atoms with Gasteiger partial charge in [0.2, 0.25) is 0 Å². The molecule has 2 aromatic carbocycles. The third kappa shape index (κ3) is 4.34. The van der Waals surface area contributed by atoms with Crippen molar-refractivity contribution in [3.05, 3.63) is 56.9 Å². The van der Waals surface area contributed by atoms with Gasteiger partial charge < -0.3 is 14.8 Å². The van der Waals surface area contributed by atoms with Crippen molar-refractivity contribution < 1.29 is 19.1 Å². The molecule has 0 unspecified atom stereocenters. The topological polar surface area (TPSA) is 67.9 Å². The molecule has 0 spiro atoms. The monoisotopic (exact) mass is 462 g/mol. The van der Waals surface area contributed by atoms with Crippen molar-refractivity contribution in [3.63, 3.8) is 0 Å². The van der Waals surface area contributed by atoms with Crippen LogP contribution in [0.25, 0.3) is 6.08 Å². The minimum Gasteiger partial charge on any atom is -0.497 e. The summed E-state index contributed by atoms with van der Waals surface area (Å²) in [5.74, 6) is 0.886. The summed E-state index contributed by atoms with van der Waals surface area (Å²) in [6.45, 7) is 2.05. The molecule has 146 valence electrons. The minimum absolute atomic E-state index is 0.0969. The molecule has 1 aliphatic heterocycles. The highest BCUT2D eigenvalue weighted by atomic mass is 79.9. The first-order valence-corrected chi connectivity index (χ1v) is 10.0. The smallest absolute Gasteiger partial charge is 0.295 e. The second kappa shape index (κ2) is 8.70. The maximum Gasteiger partial charge on any atom is 0.295 e. The van der Waals surface area contributed by atoms with Crippen LogP contribution in [0, 0.1) is 6.92 Å². The van der Waals surface area contributed by atoms with E-state index < -0.39 is 0 Å². The fraction of sp³-hybridized carbons (Fsp3) is 0.200. The number of carbonyl (C=O) groups is 2. The summed E-state index contributed by atoms with van der Waals surface area (Å²) in [5, 5.41) is 2.83. The van der Waals surface area contributed by atoms with Crippen LogP contribution in [0.5, 0.6) is 11.5 Å². The maximum atomic E-state index is 12.7. The van der Waals surface area contributed by atoms with Crippen molar-refractivity contribution in [1.82, 2.24) is 4.90 Å². The molecule has 2 aromatic rings. The predicted octanol–water partition coefficient (Wildman–Crippen LogP) is 4.88. The van der Waals surface area contributed by atoms with E-state index in [2.05, 4.69) is 21.2 Å². The second-order valence-electron chi connectivity index (χ2n) is 6.01. The highest BCUT2D eigenvalue weighted by Crippen LogP contribution is 2.35. The lowest BCUT2D eigenvalue weighted by molar-refractivity contribution is -0.122. The molecule has 1 heterocycles. The highest BCUT2D eigenvalue weighted by Gasteiger charge is 2.35. The van der Waals surface area contributed by atoms with Gasteiger partial charge in [-0.2, -0.15) is 0 Å². The number of imide groups is 1. The summed E-state index contributed by atoms with van der Waals surface area (Å²) in [7, 11) is 3.12. The summed E-state index contributed by atoms with van der Waals surface area (Å²) < 4.78 is 11.5. The summed E-state index contributed by atoms with van der Waals surface area (Å²) in [6.07, 6.45) is 1.65. The molecule has 3 rings (SSSR count). The maximum absolute atomic E-state index is 12.7. The van der Waals surface area contributed by atoms with Crippen LogP contribution in [0.2, 0.25) is 0 Å². The number of amides is 2. The highest BCUT2D eigenvalue weighted by molar-refractivity contribution is 9.10. The van der Waals surface area contributed by atoms with E-state index in [0.717, 1.165) is 27.5 Å². The van der Waals surface area contributed by atoms with E-state index in [1.165, 1.54) is 4.90 Å². The van der Waals surface area contributed by atoms with Crippen molar-refractivity contribution in [1.29, 1.82) is 0 Å². The van der Waals surface area contributed by atoms with Crippen molar-refractivity contribution in [2.45, 2.75) is 6.92 Å². The number of hydrogen-bond acceptors (Lipinski definition) is 6. The number of hydrogen-bond donors (Lipinski definition) is 1. The Hall–Kier alpha value is -2.45. The summed E-state index contributed by atoms with van der Waals surface area (Å²) >= 11 is 4.32. The molecule has 0 atom stereocenters. The molecule has 0 radical (unpaired) electrons. The molecular weight excluding hydrogens is 444 g/mol. The molecule has 1 N–H and O–H groups in total. The molecule has 8 heteroatoms. The number of rotatable bonds is 6. The molecule has 2 amide bonds. The fourth-order valence-corrected chi connectivity index (χ4v) is 4.02. The minimum atomic E-state index is -0.345. The first-order chi connectivity index (χ1) is 13.4. The van der Waals surface area contributed by atoms with Gasteiger partial charge in [0.15, 0.2) is 0 Å². The molecule has 0 aromatic heterocycles. The average Bonchev–Trinajstić information content (AvgIpc) is 2.94. The van der Waals surface area contributed by atoms with Crippen LogP contribution in [-0.2, 0) is 4.79 Å². The number of ether oxygens (including phenoxy) is 2. The molecule has 0 bridgehead atoms. The average molecular weight is 463 g/mol. The number of halogens is 1. The van der Waals surface area contributed by atoms with Gasteiger partial charge in [0.1, 0.15) is 11.5 Å². The van der Waals surface area contributed by atoms with Gasteiger partial charge in [0, 0.05) is 15.7 Å². The lowest BCUT2D eigenvalue weighted by Gasteiger charge is -2.16. The van der Waals surface area contributed by atoms with Gasteiger partial charge in [-0.25, -0.2) is 0 Å². The quantitative estimate of drug-likeness (QED) is 0.616. The number of methoxy groups -OCH3 is 2. The van der Waals surface area contributed by atoms with E-state index in [9.17, 15) is 9.59 Å². The van der Waals surface area contributed by atoms with Crippen LogP contribution in [0.15, 0.2) is 45.8 Å². The summed E-state index contributed by atoms with van der Waals surface area (Å²) in [6, 6.07) is 11.0. The molecular formula is C20H19BrN2O4S. The van der Waals surface area contributed by atoms with Crippen LogP contribution in [0.4, 0.5) is 10.5 Å². The first kappa shape index (κ1) is 20.3. The number of aryl methyl sites for hydroxylation is 1. The zero-order valence-electron chi connectivity index (χ0n) is 15.6. The van der Waals surface area contributed by atoms with Gasteiger partial charge >= 0.3 is 0 Å². The normalized spacial score (nSPS) is 15.3. The standard InChI is InChI=1S/C20H19BrN2O4S/c1-12-8-14(21)4-6-16(12)22-11-23-19(24)18(28-20(23)25)10-13-9-15(26-2)5-7-17(13)27-3/h4-10,22H,11H2,1-3H3. The molecule has 6 nitrogen and oxygen atoms in total. The third-order valence-electron chi connectivity index (χ3n) is 4.21. The number of carbonyl (C=O) groups excluding carboxylic acids is 2. The van der Waals surface area contributed by atoms with Crippen LogP contribution < -0.4 is 14.8 Å². The summed E-state index contributed by atoms with van der Waals surface area (Å²) in [4.78, 5) is 26.6. The lowest BCUT2D eigenvalue weighted by Crippen LogP contribution is -2.33. The first-order valence-electron chi connectivity index (χ1n) is 8.40. The van der Waals surface area contributed by atoms with Gasteiger partial charge in [-0.3, -0.25) is 14.5 Å². The molecule has 1 fully saturated rings. The van der Waals surface area contributed by atoms with E-state index >= 15 is 0 Å². The largest absolute Gasteiger partial charge is 0.497 e. The number of benzene rings is 2. The SMILES string of the molecule is COc1ccc(OC)c(C=C2SC(=O)N(CNc3ccc(Br)cc3C)C2=O)c1. The lowest BCUT2D eigenvalue weighted by atomic mass is 10.1. The zero-order chi connectivity index (χ0) is 20.3. The van der Waals surface area contributed by atoms with E-state index in [1.54, 1.807) is 38.5 Å². The number of nitrogens with zero attached hydrogens (tertiary/aromatic N) is 1. The molecule has 0 aliphatic carbocycles. The van der Waals surface area contributed by atoms with Crippen LogP contribution >= 0.6 is 27.7 Å². The Morgan fingerprint density at radius 3 is 2.61 bits per heavy atom. The van der Waals surface area contributed by atoms with Crippen LogP contribution in [-0.4, -0.2) is 36.9 Å². The van der Waals surface area contributed by atoms with Gasteiger partial charge in [-0.1, -0.05) is 15.9 Å². The molecule has 1 saturated heterocycles. The van der Waals surface area contributed by atoms with Crippen molar-refractivity contribution in [2.24, 2.45) is 0 Å². The Kier molecular flexibility index (Phi) is 6.31. The Labute approximate surface area is 176 Å². The van der Waals surface area contributed by atoms with Gasteiger partial charge in [0.25, 0.3) is 11.1 Å². The number of nitrogens with one attached hydrogen (secondary N) is 1. The fourth-order valence-electron chi connectivity index (χ4n) is 2.72. The van der Waals surface area contributed by atoms with E-state index in [1.807, 2.05) is 25.1 Å². The van der Waals surface area contributed by atoms with E-state index in [-0.39, 0.29) is 17.8 Å². The Morgan fingerprint density at radius 1 is 1.14 bits per heavy atom. The zero-order valence-corrected chi connectivity index (χ0v) is 18.0. The number of thioether (sulfide) groups is 1. The molecule has 0 saturated carbocycles. The van der Waals surface area contributed by atoms with Gasteiger partial charge in [-0.05, 0) is 66.7 Å². The van der Waals surface area contributed by atoms with Crippen LogP contribution in [0.3, 0.4) is 0 Å². The summed E-state index contributed by atoms with van der Waals surface area (Å²) in [5.41, 5.74) is 2.54. The third-order valence-corrected chi connectivity index (χ3v) is 5.61. The van der Waals surface area contributed by atoms with Crippen LogP contribution in [0.1, 0.15) is 11.1 Å². The second-order valence-corrected chi connectivity index (χ2v) is 7.92. The Morgan fingerprint density at radius 2 is 1.93 bits per heavy atom. The van der Waals surface area contributed by atoms with Gasteiger partial charge in [0.05, 0.1) is 25.8 Å². The number of anilines is 1. The van der Waals surface area contributed by atoms with E-state index in [4.69, 9.17) is 9.47 Å². The van der Waals surface area contributed by atoms with E-state index in [0.29, 0.717) is 22.0 Å². The molecule has 1 aliphatic rings. The van der Waals surface area contributed by atoms with Gasteiger partial charge in [-0.15, -0.1) is 0 Å². The van der Waals surface area contributed by atoms with Crippen molar-refractivity contribution >= 4 is 50.6 Å². The Balaban J connectivity index is 1.79. The predicted molar refractivity (Wildman–Crippen MR) is 115 cm³/mol. The van der Waals surface area contributed by atoms with Crippen molar-refractivity contribution in [2.75, 3.05) is 26.2 Å². The van der Waals surface area contributed by atoms with Crippen molar-refractivity contribution in [3.8, 4) is 11.5 Å². The Bertz CT molecular complexity index is 961. The molecule has 28 heavy (non-hydrogen) atoms.